The van der Waals surface area contributed by atoms with Crippen LogP contribution < -0.4 is 5.73 Å². The minimum atomic E-state index is -4.50. The number of anilines is 1. The Bertz CT molecular complexity index is 650. The quantitative estimate of drug-likeness (QED) is 0.819. The van der Waals surface area contributed by atoms with Crippen molar-refractivity contribution in [3.63, 3.8) is 0 Å². The lowest BCUT2D eigenvalue weighted by atomic mass is 10.1. The number of hydrogen-bond donors (Lipinski definition) is 1. The molecule has 0 bridgehead atoms. The maximum absolute atomic E-state index is 13.2. The molecule has 1 aromatic heterocycles. The predicted octanol–water partition coefficient (Wildman–Crippen LogP) is 2.99. The van der Waals surface area contributed by atoms with Crippen molar-refractivity contribution in [1.82, 2.24) is 9.55 Å². The highest BCUT2D eigenvalue weighted by Crippen LogP contribution is 2.38. The third-order valence-electron chi connectivity index (χ3n) is 3.63. The molecule has 0 spiro atoms. The first-order valence-corrected chi connectivity index (χ1v) is 6.34. The van der Waals surface area contributed by atoms with E-state index in [2.05, 4.69) is 4.98 Å². The van der Waals surface area contributed by atoms with Crippen molar-refractivity contribution < 1.29 is 17.9 Å². The molecule has 1 fully saturated rings. The number of rotatable bonds is 1. The number of benzene rings is 1. The van der Waals surface area contributed by atoms with E-state index in [1.807, 2.05) is 0 Å². The first-order valence-electron chi connectivity index (χ1n) is 6.34. The molecule has 7 heteroatoms. The molecule has 2 heterocycles. The third kappa shape index (κ3) is 2.02. The monoisotopic (exact) mass is 285 g/mol. The van der Waals surface area contributed by atoms with E-state index < -0.39 is 12.0 Å². The standard InChI is InChI=1S/C13H14F3N3O/c1-7-10(4-5-20-7)19-11-3-2-8(17)6-9(11)18-12(19)13(14,15)16/h2-3,6-7,10H,4-5,17H2,1H3. The summed E-state index contributed by atoms with van der Waals surface area (Å²) in [6.45, 7) is 2.23. The topological polar surface area (TPSA) is 53.1 Å². The highest BCUT2D eigenvalue weighted by atomic mass is 19.4. The Hall–Kier alpha value is -1.76. The number of hydrogen-bond acceptors (Lipinski definition) is 3. The molecule has 0 radical (unpaired) electrons. The van der Waals surface area contributed by atoms with Crippen LogP contribution in [-0.4, -0.2) is 22.3 Å². The summed E-state index contributed by atoms with van der Waals surface area (Å²) in [5.74, 6) is -0.888. The van der Waals surface area contributed by atoms with Gasteiger partial charge in [0, 0.05) is 12.3 Å². The van der Waals surface area contributed by atoms with Gasteiger partial charge in [-0.25, -0.2) is 4.98 Å². The molecule has 1 aliphatic rings. The Morgan fingerprint density at radius 3 is 2.75 bits per heavy atom. The second kappa shape index (κ2) is 4.37. The summed E-state index contributed by atoms with van der Waals surface area (Å²) < 4.78 is 46.3. The Kier molecular flexibility index (Phi) is 2.89. The maximum Gasteiger partial charge on any atom is 0.449 e. The van der Waals surface area contributed by atoms with E-state index in [-0.39, 0.29) is 17.7 Å². The smallest absolute Gasteiger partial charge is 0.399 e. The molecule has 2 atom stereocenters. The Morgan fingerprint density at radius 2 is 2.15 bits per heavy atom. The lowest BCUT2D eigenvalue weighted by Crippen LogP contribution is -2.23. The number of nitrogens with two attached hydrogens (primary N) is 1. The van der Waals surface area contributed by atoms with E-state index in [4.69, 9.17) is 10.5 Å². The van der Waals surface area contributed by atoms with Crippen molar-refractivity contribution in [2.45, 2.75) is 31.7 Å². The van der Waals surface area contributed by atoms with Crippen LogP contribution in [0.15, 0.2) is 18.2 Å². The summed E-state index contributed by atoms with van der Waals surface area (Å²) in [5, 5.41) is 0. The summed E-state index contributed by atoms with van der Waals surface area (Å²) >= 11 is 0. The lowest BCUT2D eigenvalue weighted by molar-refractivity contribution is -0.147. The van der Waals surface area contributed by atoms with Crippen molar-refractivity contribution in [2.24, 2.45) is 0 Å². The van der Waals surface area contributed by atoms with Crippen LogP contribution in [0, 0.1) is 0 Å². The van der Waals surface area contributed by atoms with E-state index in [1.165, 1.54) is 10.6 Å². The number of nitrogen functional groups attached to an aromatic ring is 1. The van der Waals surface area contributed by atoms with Gasteiger partial charge in [0.2, 0.25) is 5.82 Å². The van der Waals surface area contributed by atoms with E-state index in [9.17, 15) is 13.2 Å². The highest BCUT2D eigenvalue weighted by Gasteiger charge is 2.41. The molecule has 20 heavy (non-hydrogen) atoms. The molecule has 2 unspecified atom stereocenters. The summed E-state index contributed by atoms with van der Waals surface area (Å²) in [7, 11) is 0. The molecular weight excluding hydrogens is 271 g/mol. The summed E-state index contributed by atoms with van der Waals surface area (Å²) in [6.07, 6.45) is -4.23. The van der Waals surface area contributed by atoms with E-state index >= 15 is 0 Å². The number of halogens is 3. The molecule has 4 nitrogen and oxygen atoms in total. The average molecular weight is 285 g/mol. The van der Waals surface area contributed by atoms with E-state index in [1.54, 1.807) is 19.1 Å². The molecule has 3 rings (SSSR count). The molecule has 0 saturated carbocycles. The van der Waals surface area contributed by atoms with Gasteiger partial charge in [0.25, 0.3) is 0 Å². The van der Waals surface area contributed by atoms with Crippen molar-refractivity contribution in [3.8, 4) is 0 Å². The molecule has 108 valence electrons. The third-order valence-corrected chi connectivity index (χ3v) is 3.63. The van der Waals surface area contributed by atoms with Crippen molar-refractivity contribution >= 4 is 16.7 Å². The summed E-state index contributed by atoms with van der Waals surface area (Å²) in [5.41, 5.74) is 6.71. The van der Waals surface area contributed by atoms with Crippen LogP contribution in [0.2, 0.25) is 0 Å². The zero-order valence-corrected chi connectivity index (χ0v) is 10.8. The van der Waals surface area contributed by atoms with Gasteiger partial charge in [-0.05, 0) is 31.5 Å². The molecule has 2 N–H and O–H groups in total. The Morgan fingerprint density at radius 1 is 1.40 bits per heavy atom. The van der Waals surface area contributed by atoms with Gasteiger partial charge >= 0.3 is 6.18 Å². The Labute approximate surface area is 113 Å². The molecule has 1 aliphatic heterocycles. The van der Waals surface area contributed by atoms with Crippen LogP contribution in [0.5, 0.6) is 0 Å². The second-order valence-electron chi connectivity index (χ2n) is 4.98. The molecule has 2 aromatic rings. The summed E-state index contributed by atoms with van der Waals surface area (Å²) in [6, 6.07) is 4.26. The average Bonchev–Trinajstić information content (AvgIpc) is 2.91. The van der Waals surface area contributed by atoms with Gasteiger partial charge in [0.1, 0.15) is 0 Å². The number of ether oxygens (including phenoxy) is 1. The van der Waals surface area contributed by atoms with Crippen LogP contribution >= 0.6 is 0 Å². The maximum atomic E-state index is 13.2. The fourth-order valence-corrected chi connectivity index (χ4v) is 2.71. The van der Waals surface area contributed by atoms with Gasteiger partial charge in [-0.2, -0.15) is 13.2 Å². The minimum absolute atomic E-state index is 0.261. The SMILES string of the molecule is CC1OCCC1n1c(C(F)(F)F)nc2cc(N)ccc21. The fourth-order valence-electron chi connectivity index (χ4n) is 2.71. The van der Waals surface area contributed by atoms with E-state index in [0.717, 1.165) is 0 Å². The zero-order valence-electron chi connectivity index (χ0n) is 10.8. The normalized spacial score (nSPS) is 23.6. The van der Waals surface area contributed by atoms with Gasteiger partial charge in [0.05, 0.1) is 23.2 Å². The summed E-state index contributed by atoms with van der Waals surface area (Å²) in [4.78, 5) is 3.73. The van der Waals surface area contributed by atoms with Crippen LogP contribution in [0.25, 0.3) is 11.0 Å². The minimum Gasteiger partial charge on any atom is -0.399 e. The number of imidazole rings is 1. The number of nitrogens with zero attached hydrogens (tertiary/aromatic N) is 2. The number of fused-ring (bicyclic) bond motifs is 1. The highest BCUT2D eigenvalue weighted by molar-refractivity contribution is 5.80. The molecule has 0 aliphatic carbocycles. The largest absolute Gasteiger partial charge is 0.449 e. The van der Waals surface area contributed by atoms with Gasteiger partial charge in [-0.1, -0.05) is 0 Å². The number of aromatic nitrogens is 2. The fraction of sp³-hybridized carbons (Fsp3) is 0.462. The second-order valence-corrected chi connectivity index (χ2v) is 4.98. The first kappa shape index (κ1) is 13.2. The van der Waals surface area contributed by atoms with Crippen LogP contribution in [0.3, 0.4) is 0 Å². The number of alkyl halides is 3. The lowest BCUT2D eigenvalue weighted by Gasteiger charge is -2.20. The van der Waals surface area contributed by atoms with Crippen LogP contribution in [0.1, 0.15) is 25.2 Å². The van der Waals surface area contributed by atoms with Crippen molar-refractivity contribution in [3.05, 3.63) is 24.0 Å². The molecule has 1 saturated heterocycles. The Balaban J connectivity index is 2.26. The van der Waals surface area contributed by atoms with Gasteiger partial charge in [-0.15, -0.1) is 0 Å². The van der Waals surface area contributed by atoms with Gasteiger partial charge in [0.15, 0.2) is 0 Å². The van der Waals surface area contributed by atoms with Crippen LogP contribution in [-0.2, 0) is 10.9 Å². The first-order chi connectivity index (χ1) is 9.38. The zero-order chi connectivity index (χ0) is 14.5. The van der Waals surface area contributed by atoms with Crippen molar-refractivity contribution in [2.75, 3.05) is 12.3 Å². The van der Waals surface area contributed by atoms with Gasteiger partial charge < -0.3 is 15.0 Å². The predicted molar refractivity (Wildman–Crippen MR) is 68.2 cm³/mol. The molecular formula is C13H14F3N3O. The van der Waals surface area contributed by atoms with Crippen molar-refractivity contribution in [1.29, 1.82) is 0 Å². The van der Waals surface area contributed by atoms with Crippen LogP contribution in [0.4, 0.5) is 18.9 Å². The van der Waals surface area contributed by atoms with E-state index in [0.29, 0.717) is 24.2 Å². The molecule has 0 amide bonds. The molecule has 1 aromatic carbocycles. The van der Waals surface area contributed by atoms with Gasteiger partial charge in [-0.3, -0.25) is 0 Å².